The van der Waals surface area contributed by atoms with E-state index >= 15 is 0 Å². The summed E-state index contributed by atoms with van der Waals surface area (Å²) in [6.07, 6.45) is 2.30. The molecule has 0 amide bonds. The molecule has 0 spiro atoms. The molecule has 1 aromatic carbocycles. The Morgan fingerprint density at radius 1 is 1.33 bits per heavy atom. The number of hydrogen-bond donors (Lipinski definition) is 2. The minimum absolute atomic E-state index is 0.435. The van der Waals surface area contributed by atoms with Gasteiger partial charge in [0.05, 0.1) is 0 Å². The second-order valence-electron chi connectivity index (χ2n) is 4.43. The fourth-order valence-corrected chi connectivity index (χ4v) is 2.45. The number of hydrogen-bond acceptors (Lipinski definition) is 3. The van der Waals surface area contributed by atoms with Gasteiger partial charge in [0, 0.05) is 23.8 Å². The van der Waals surface area contributed by atoms with Crippen LogP contribution in [0.1, 0.15) is 12.0 Å². The van der Waals surface area contributed by atoms with Crippen molar-refractivity contribution in [1.29, 1.82) is 0 Å². The van der Waals surface area contributed by atoms with Gasteiger partial charge in [-0.2, -0.15) is 0 Å². The van der Waals surface area contributed by atoms with Crippen molar-refractivity contribution >= 4 is 5.69 Å². The normalized spacial score (nSPS) is 25.2. The molecule has 3 rings (SSSR count). The van der Waals surface area contributed by atoms with Crippen molar-refractivity contribution in [2.75, 3.05) is 25.0 Å². The maximum absolute atomic E-state index is 9.79. The zero-order valence-electron chi connectivity index (χ0n) is 8.74. The average molecular weight is 204 g/mol. The van der Waals surface area contributed by atoms with E-state index in [1.54, 1.807) is 6.07 Å². The molecule has 0 bridgehead atoms. The summed E-state index contributed by atoms with van der Waals surface area (Å²) in [5.74, 6) is 0.435. The highest BCUT2D eigenvalue weighted by atomic mass is 16.3. The molecular formula is C12H16N2O. The van der Waals surface area contributed by atoms with Gasteiger partial charge in [-0.05, 0) is 38.1 Å². The van der Waals surface area contributed by atoms with Crippen LogP contribution >= 0.6 is 0 Å². The average Bonchev–Trinajstić information content (AvgIpc) is 2.17. The standard InChI is InChI=1S/C12H16N2O/c15-12-4-1-3-11-10(12)7-9(8-13-11)14-5-2-6-14/h1,3-4,9,13,15H,2,5-8H2. The Bertz CT molecular complexity index is 374. The molecule has 1 fully saturated rings. The van der Waals surface area contributed by atoms with Crippen molar-refractivity contribution in [1.82, 2.24) is 4.90 Å². The smallest absolute Gasteiger partial charge is 0.120 e. The van der Waals surface area contributed by atoms with Crippen molar-refractivity contribution in [3.8, 4) is 5.75 Å². The number of phenols is 1. The van der Waals surface area contributed by atoms with Crippen LogP contribution in [0.4, 0.5) is 5.69 Å². The zero-order chi connectivity index (χ0) is 10.3. The third-order valence-corrected chi connectivity index (χ3v) is 3.53. The van der Waals surface area contributed by atoms with Crippen LogP contribution in [0.5, 0.6) is 5.75 Å². The molecule has 3 heteroatoms. The largest absolute Gasteiger partial charge is 0.508 e. The lowest BCUT2D eigenvalue weighted by Gasteiger charge is -2.41. The highest BCUT2D eigenvalue weighted by Gasteiger charge is 2.28. The van der Waals surface area contributed by atoms with Gasteiger partial charge in [0.15, 0.2) is 0 Å². The molecule has 80 valence electrons. The molecule has 0 saturated carbocycles. The number of phenolic OH excluding ortho intramolecular Hbond substituents is 1. The molecule has 15 heavy (non-hydrogen) atoms. The molecule has 1 atom stereocenters. The summed E-state index contributed by atoms with van der Waals surface area (Å²) >= 11 is 0. The Morgan fingerprint density at radius 2 is 2.20 bits per heavy atom. The van der Waals surface area contributed by atoms with E-state index in [9.17, 15) is 5.11 Å². The van der Waals surface area contributed by atoms with E-state index in [0.717, 1.165) is 24.2 Å². The van der Waals surface area contributed by atoms with Gasteiger partial charge in [-0.25, -0.2) is 0 Å². The first kappa shape index (κ1) is 9.04. The molecule has 2 N–H and O–H groups in total. The monoisotopic (exact) mass is 204 g/mol. The lowest BCUT2D eigenvalue weighted by molar-refractivity contribution is 0.122. The van der Waals surface area contributed by atoms with E-state index in [0.29, 0.717) is 11.8 Å². The maximum atomic E-state index is 9.79. The van der Waals surface area contributed by atoms with Crippen molar-refractivity contribution in [3.05, 3.63) is 23.8 Å². The van der Waals surface area contributed by atoms with Crippen LogP contribution in [0.25, 0.3) is 0 Å². The van der Waals surface area contributed by atoms with Gasteiger partial charge in [-0.3, -0.25) is 4.90 Å². The number of rotatable bonds is 1. The summed E-state index contributed by atoms with van der Waals surface area (Å²) in [6, 6.07) is 6.28. The van der Waals surface area contributed by atoms with Crippen LogP contribution in [-0.4, -0.2) is 35.7 Å². The summed E-state index contributed by atoms with van der Waals surface area (Å²) < 4.78 is 0. The third kappa shape index (κ3) is 1.47. The Kier molecular flexibility index (Phi) is 2.06. The topological polar surface area (TPSA) is 35.5 Å². The van der Waals surface area contributed by atoms with Gasteiger partial charge in [0.1, 0.15) is 5.75 Å². The molecule has 1 saturated heterocycles. The van der Waals surface area contributed by atoms with Gasteiger partial charge in [0.2, 0.25) is 0 Å². The van der Waals surface area contributed by atoms with Crippen LogP contribution in [-0.2, 0) is 6.42 Å². The van der Waals surface area contributed by atoms with Crippen molar-refractivity contribution in [3.63, 3.8) is 0 Å². The van der Waals surface area contributed by atoms with Crippen LogP contribution in [0, 0.1) is 0 Å². The van der Waals surface area contributed by atoms with E-state index in [4.69, 9.17) is 0 Å². The van der Waals surface area contributed by atoms with E-state index < -0.39 is 0 Å². The highest BCUT2D eigenvalue weighted by Crippen LogP contribution is 2.31. The first-order valence-corrected chi connectivity index (χ1v) is 5.63. The Balaban J connectivity index is 1.85. The Hall–Kier alpha value is -1.22. The summed E-state index contributed by atoms with van der Waals surface area (Å²) in [6.45, 7) is 3.45. The quantitative estimate of drug-likeness (QED) is 0.726. The van der Waals surface area contributed by atoms with Crippen LogP contribution in [0.15, 0.2) is 18.2 Å². The fourth-order valence-electron chi connectivity index (χ4n) is 2.45. The first-order valence-electron chi connectivity index (χ1n) is 5.63. The van der Waals surface area contributed by atoms with E-state index in [1.165, 1.54) is 19.5 Å². The van der Waals surface area contributed by atoms with Crippen LogP contribution in [0.2, 0.25) is 0 Å². The first-order chi connectivity index (χ1) is 7.34. The number of benzene rings is 1. The van der Waals surface area contributed by atoms with Gasteiger partial charge in [0.25, 0.3) is 0 Å². The number of aromatic hydroxyl groups is 1. The van der Waals surface area contributed by atoms with Crippen LogP contribution < -0.4 is 5.32 Å². The number of anilines is 1. The molecule has 1 unspecified atom stereocenters. The Morgan fingerprint density at radius 3 is 2.93 bits per heavy atom. The highest BCUT2D eigenvalue weighted by molar-refractivity contribution is 5.59. The van der Waals surface area contributed by atoms with Gasteiger partial charge in [-0.15, -0.1) is 0 Å². The van der Waals surface area contributed by atoms with Crippen molar-refractivity contribution < 1.29 is 5.11 Å². The number of fused-ring (bicyclic) bond motifs is 1. The Labute approximate surface area is 89.7 Å². The van der Waals surface area contributed by atoms with Gasteiger partial charge < -0.3 is 10.4 Å². The lowest BCUT2D eigenvalue weighted by atomic mass is 9.96. The van der Waals surface area contributed by atoms with Gasteiger partial charge in [-0.1, -0.05) is 6.07 Å². The van der Waals surface area contributed by atoms with E-state index in [1.807, 2.05) is 12.1 Å². The number of nitrogens with one attached hydrogen (secondary N) is 1. The second-order valence-corrected chi connectivity index (χ2v) is 4.43. The van der Waals surface area contributed by atoms with Crippen molar-refractivity contribution in [2.45, 2.75) is 18.9 Å². The molecule has 0 aliphatic carbocycles. The zero-order valence-corrected chi connectivity index (χ0v) is 8.74. The summed E-state index contributed by atoms with van der Waals surface area (Å²) in [5, 5.41) is 13.2. The predicted molar refractivity (Wildman–Crippen MR) is 60.3 cm³/mol. The summed E-state index contributed by atoms with van der Waals surface area (Å²) in [4.78, 5) is 2.49. The summed E-state index contributed by atoms with van der Waals surface area (Å²) in [7, 11) is 0. The molecule has 2 aliphatic rings. The maximum Gasteiger partial charge on any atom is 0.120 e. The van der Waals surface area contributed by atoms with Gasteiger partial charge >= 0.3 is 0 Å². The molecule has 0 radical (unpaired) electrons. The molecule has 2 aliphatic heterocycles. The van der Waals surface area contributed by atoms with Crippen LogP contribution in [0.3, 0.4) is 0 Å². The third-order valence-electron chi connectivity index (χ3n) is 3.53. The van der Waals surface area contributed by atoms with E-state index in [2.05, 4.69) is 10.2 Å². The number of nitrogens with zero attached hydrogens (tertiary/aromatic N) is 1. The lowest BCUT2D eigenvalue weighted by Crippen LogP contribution is -2.50. The number of likely N-dealkylation sites (tertiary alicyclic amines) is 1. The molecule has 3 nitrogen and oxygen atoms in total. The minimum atomic E-state index is 0.435. The molecular weight excluding hydrogens is 188 g/mol. The summed E-state index contributed by atoms with van der Waals surface area (Å²) in [5.41, 5.74) is 2.19. The molecule has 0 aromatic heterocycles. The fraction of sp³-hybridized carbons (Fsp3) is 0.500. The predicted octanol–water partition coefficient (Wildman–Crippen LogP) is 1.43. The molecule has 1 aromatic rings. The van der Waals surface area contributed by atoms with E-state index in [-0.39, 0.29) is 0 Å². The second kappa shape index (κ2) is 3.42. The molecule has 2 heterocycles. The van der Waals surface area contributed by atoms with Crippen molar-refractivity contribution in [2.24, 2.45) is 0 Å². The minimum Gasteiger partial charge on any atom is -0.508 e. The SMILES string of the molecule is Oc1cccc2c1CC(N1CCC1)CN2.